The molecule has 0 spiro atoms. The van der Waals surface area contributed by atoms with Crippen molar-refractivity contribution < 1.29 is 9.18 Å². The molecule has 1 aliphatic carbocycles. The van der Waals surface area contributed by atoms with E-state index < -0.39 is 0 Å². The van der Waals surface area contributed by atoms with E-state index in [4.69, 9.17) is 0 Å². The average molecular weight is 265 g/mol. The van der Waals surface area contributed by atoms with E-state index in [0.717, 1.165) is 11.3 Å². The maximum atomic E-state index is 13.4. The quantitative estimate of drug-likeness (QED) is 0.814. The molecule has 4 nitrogen and oxygen atoms in total. The Hall–Kier alpha value is -1.62. The summed E-state index contributed by atoms with van der Waals surface area (Å²) in [6, 6.07) is 5.25. The molecule has 0 aliphatic heterocycles. The first-order valence-electron chi connectivity index (χ1n) is 6.53. The van der Waals surface area contributed by atoms with Crippen molar-refractivity contribution >= 4 is 11.6 Å². The summed E-state index contributed by atoms with van der Waals surface area (Å²) in [6.45, 7) is 0.897. The van der Waals surface area contributed by atoms with Crippen LogP contribution in [0.5, 0.6) is 0 Å². The molecule has 0 radical (unpaired) electrons. The van der Waals surface area contributed by atoms with Crippen LogP contribution < -0.4 is 15.5 Å². The number of amides is 1. The number of anilines is 1. The lowest BCUT2D eigenvalue weighted by Crippen LogP contribution is -2.33. The van der Waals surface area contributed by atoms with E-state index in [1.54, 1.807) is 13.1 Å². The second-order valence-electron chi connectivity index (χ2n) is 4.96. The maximum absolute atomic E-state index is 13.4. The number of likely N-dealkylation sites (N-methyl/N-ethyl adjacent to an activating group) is 2. The van der Waals surface area contributed by atoms with Gasteiger partial charge >= 0.3 is 0 Å². The summed E-state index contributed by atoms with van der Waals surface area (Å²) in [5.41, 5.74) is 1.77. The molecule has 2 rings (SSSR count). The minimum atomic E-state index is -0.246. The van der Waals surface area contributed by atoms with Gasteiger partial charge in [0.05, 0.1) is 6.54 Å². The van der Waals surface area contributed by atoms with Gasteiger partial charge in [-0.2, -0.15) is 0 Å². The molecule has 1 aromatic rings. The fourth-order valence-electron chi connectivity index (χ4n) is 1.99. The van der Waals surface area contributed by atoms with Gasteiger partial charge in [-0.05, 0) is 36.6 Å². The first kappa shape index (κ1) is 13.8. The van der Waals surface area contributed by atoms with E-state index in [0.29, 0.717) is 12.6 Å². The Morgan fingerprint density at radius 2 is 2.21 bits per heavy atom. The third-order valence-electron chi connectivity index (χ3n) is 3.27. The van der Waals surface area contributed by atoms with Crippen LogP contribution in [-0.4, -0.2) is 32.6 Å². The number of hydrogen-bond donors (Lipinski definition) is 2. The first-order valence-corrected chi connectivity index (χ1v) is 6.53. The highest BCUT2D eigenvalue weighted by Crippen LogP contribution is 2.23. The van der Waals surface area contributed by atoms with Crippen molar-refractivity contribution in [2.45, 2.75) is 25.4 Å². The molecule has 0 saturated heterocycles. The fraction of sp³-hybridized carbons (Fsp3) is 0.500. The van der Waals surface area contributed by atoms with E-state index in [1.807, 2.05) is 11.9 Å². The van der Waals surface area contributed by atoms with Gasteiger partial charge in [0.2, 0.25) is 5.91 Å². The lowest BCUT2D eigenvalue weighted by atomic mass is 10.1. The van der Waals surface area contributed by atoms with E-state index in [1.165, 1.54) is 25.0 Å². The van der Waals surface area contributed by atoms with Crippen molar-refractivity contribution in [2.75, 3.05) is 25.5 Å². The molecule has 1 fully saturated rings. The second-order valence-corrected chi connectivity index (χ2v) is 4.96. The standard InChI is InChI=1S/C14H20FN3O/c1-16-14(19)9-18(2)13-6-3-11(15)7-10(13)8-17-12-4-5-12/h3,6-7,12,17H,4-5,8-9H2,1-2H3,(H,16,19). The van der Waals surface area contributed by atoms with Gasteiger partial charge in [-0.25, -0.2) is 4.39 Å². The molecule has 0 aromatic heterocycles. The van der Waals surface area contributed by atoms with E-state index in [2.05, 4.69) is 10.6 Å². The molecular formula is C14H20FN3O. The topological polar surface area (TPSA) is 44.4 Å². The molecule has 104 valence electrons. The smallest absolute Gasteiger partial charge is 0.239 e. The van der Waals surface area contributed by atoms with E-state index in [9.17, 15) is 9.18 Å². The van der Waals surface area contributed by atoms with E-state index >= 15 is 0 Å². The minimum Gasteiger partial charge on any atom is -0.365 e. The zero-order chi connectivity index (χ0) is 13.8. The van der Waals surface area contributed by atoms with Crippen LogP contribution >= 0.6 is 0 Å². The Bertz CT molecular complexity index is 460. The molecule has 1 aromatic carbocycles. The Kier molecular flexibility index (Phi) is 4.37. The van der Waals surface area contributed by atoms with E-state index in [-0.39, 0.29) is 18.3 Å². The number of hydrogen-bond acceptors (Lipinski definition) is 3. The van der Waals surface area contributed by atoms with Gasteiger partial charge in [0.15, 0.2) is 0 Å². The maximum Gasteiger partial charge on any atom is 0.239 e. The van der Waals surface area contributed by atoms with Gasteiger partial charge in [0.25, 0.3) is 0 Å². The molecule has 1 aliphatic rings. The molecule has 0 bridgehead atoms. The van der Waals surface area contributed by atoms with Crippen molar-refractivity contribution in [1.82, 2.24) is 10.6 Å². The molecule has 2 N–H and O–H groups in total. The highest BCUT2D eigenvalue weighted by molar-refractivity contribution is 5.81. The van der Waals surface area contributed by atoms with Crippen molar-refractivity contribution in [3.05, 3.63) is 29.6 Å². The summed E-state index contributed by atoms with van der Waals surface area (Å²) in [5, 5.41) is 5.96. The Morgan fingerprint density at radius 3 is 2.84 bits per heavy atom. The predicted octanol–water partition coefficient (Wildman–Crippen LogP) is 1.26. The monoisotopic (exact) mass is 265 g/mol. The number of nitrogens with one attached hydrogen (secondary N) is 2. The Labute approximate surface area is 113 Å². The largest absolute Gasteiger partial charge is 0.365 e. The molecular weight excluding hydrogens is 245 g/mol. The predicted molar refractivity (Wildman–Crippen MR) is 73.6 cm³/mol. The molecule has 19 heavy (non-hydrogen) atoms. The van der Waals surface area contributed by atoms with Crippen molar-refractivity contribution in [2.24, 2.45) is 0 Å². The third kappa shape index (κ3) is 3.92. The molecule has 0 heterocycles. The van der Waals surface area contributed by atoms with Crippen LogP contribution in [0.1, 0.15) is 18.4 Å². The number of carbonyl (C=O) groups is 1. The van der Waals surface area contributed by atoms with Crippen molar-refractivity contribution in [3.63, 3.8) is 0 Å². The molecule has 0 atom stereocenters. The minimum absolute atomic E-state index is 0.0621. The van der Waals surface area contributed by atoms with Gasteiger partial charge in [-0.15, -0.1) is 0 Å². The molecule has 1 saturated carbocycles. The number of carbonyl (C=O) groups excluding carboxylic acids is 1. The molecule has 0 unspecified atom stereocenters. The third-order valence-corrected chi connectivity index (χ3v) is 3.27. The number of benzene rings is 1. The Morgan fingerprint density at radius 1 is 1.47 bits per heavy atom. The van der Waals surface area contributed by atoms with Crippen LogP contribution in [0.25, 0.3) is 0 Å². The van der Waals surface area contributed by atoms with Crippen molar-refractivity contribution in [1.29, 1.82) is 0 Å². The van der Waals surface area contributed by atoms with Crippen LogP contribution in [0.15, 0.2) is 18.2 Å². The number of halogens is 1. The summed E-state index contributed by atoms with van der Waals surface area (Å²) in [5.74, 6) is -0.308. The van der Waals surface area contributed by atoms with Gasteiger partial charge in [-0.1, -0.05) is 0 Å². The van der Waals surface area contributed by atoms with Crippen LogP contribution in [0.2, 0.25) is 0 Å². The van der Waals surface area contributed by atoms with Gasteiger partial charge in [0.1, 0.15) is 5.82 Å². The second kappa shape index (κ2) is 6.02. The summed E-state index contributed by atoms with van der Waals surface area (Å²) in [4.78, 5) is 13.2. The highest BCUT2D eigenvalue weighted by Gasteiger charge is 2.21. The molecule has 5 heteroatoms. The van der Waals surface area contributed by atoms with Crippen LogP contribution in [-0.2, 0) is 11.3 Å². The van der Waals surface area contributed by atoms with Gasteiger partial charge in [-0.3, -0.25) is 4.79 Å². The number of rotatable bonds is 6. The van der Waals surface area contributed by atoms with Gasteiger partial charge in [0, 0.05) is 32.4 Å². The Balaban J connectivity index is 2.09. The van der Waals surface area contributed by atoms with Crippen LogP contribution in [0.4, 0.5) is 10.1 Å². The first-order chi connectivity index (χ1) is 9.10. The molecule has 1 amide bonds. The fourth-order valence-corrected chi connectivity index (χ4v) is 1.99. The summed E-state index contributed by atoms with van der Waals surface area (Å²) in [6.07, 6.45) is 2.39. The lowest BCUT2D eigenvalue weighted by Gasteiger charge is -2.22. The zero-order valence-corrected chi connectivity index (χ0v) is 11.4. The van der Waals surface area contributed by atoms with Gasteiger partial charge < -0.3 is 15.5 Å². The summed E-state index contributed by atoms with van der Waals surface area (Å²) >= 11 is 0. The lowest BCUT2D eigenvalue weighted by molar-refractivity contribution is -0.119. The van der Waals surface area contributed by atoms with Crippen LogP contribution in [0, 0.1) is 5.82 Å². The average Bonchev–Trinajstić information content (AvgIpc) is 3.20. The summed E-state index contributed by atoms with van der Waals surface area (Å²) in [7, 11) is 3.44. The number of nitrogens with zero attached hydrogens (tertiary/aromatic N) is 1. The highest BCUT2D eigenvalue weighted by atomic mass is 19.1. The normalized spacial score (nSPS) is 14.3. The van der Waals surface area contributed by atoms with Crippen molar-refractivity contribution in [3.8, 4) is 0 Å². The summed E-state index contributed by atoms with van der Waals surface area (Å²) < 4.78 is 13.4. The zero-order valence-electron chi connectivity index (χ0n) is 11.4. The SMILES string of the molecule is CNC(=O)CN(C)c1ccc(F)cc1CNC1CC1. The van der Waals surface area contributed by atoms with Crippen LogP contribution in [0.3, 0.4) is 0 Å².